The van der Waals surface area contributed by atoms with Crippen LogP contribution in [0.1, 0.15) is 48.3 Å². The van der Waals surface area contributed by atoms with Gasteiger partial charge in [-0.15, -0.1) is 16.4 Å². The highest BCUT2D eigenvalue weighted by atomic mass is 32.1. The third-order valence-electron chi connectivity index (χ3n) is 5.77. The van der Waals surface area contributed by atoms with Crippen LogP contribution in [0.3, 0.4) is 0 Å². The predicted molar refractivity (Wildman–Crippen MR) is 111 cm³/mol. The van der Waals surface area contributed by atoms with E-state index in [-0.39, 0.29) is 18.3 Å². The smallest absolute Gasteiger partial charge is 0.291 e. The molecule has 0 aliphatic heterocycles. The van der Waals surface area contributed by atoms with E-state index in [1.807, 2.05) is 0 Å². The van der Waals surface area contributed by atoms with Gasteiger partial charge in [0.05, 0.1) is 11.9 Å². The molecule has 3 heterocycles. The van der Waals surface area contributed by atoms with Crippen LogP contribution in [0.5, 0.6) is 0 Å². The van der Waals surface area contributed by atoms with E-state index >= 15 is 0 Å². The molecule has 0 radical (unpaired) electrons. The van der Waals surface area contributed by atoms with Crippen molar-refractivity contribution in [2.45, 2.75) is 46.3 Å². The average Bonchev–Trinajstić information content (AvgIpc) is 3.28. The Hall–Kier alpha value is -2.10. The van der Waals surface area contributed by atoms with Gasteiger partial charge in [-0.2, -0.15) is 0 Å². The summed E-state index contributed by atoms with van der Waals surface area (Å²) in [6.45, 7) is 7.16. The monoisotopic (exact) mass is 417 g/mol. The summed E-state index contributed by atoms with van der Waals surface area (Å²) in [5, 5.41) is 8.11. The molecule has 1 amide bonds. The molecule has 1 aliphatic carbocycles. The molecule has 29 heavy (non-hydrogen) atoms. The summed E-state index contributed by atoms with van der Waals surface area (Å²) >= 11 is 1.75. The summed E-state index contributed by atoms with van der Waals surface area (Å²) in [5.74, 6) is 0.416. The first-order valence-corrected chi connectivity index (χ1v) is 10.6. The van der Waals surface area contributed by atoms with Crippen molar-refractivity contribution in [2.75, 3.05) is 20.8 Å². The molecule has 3 aromatic rings. The lowest BCUT2D eigenvalue weighted by Crippen LogP contribution is -2.34. The maximum Gasteiger partial charge on any atom is 0.291 e. The highest BCUT2D eigenvalue weighted by molar-refractivity contribution is 7.19. The van der Waals surface area contributed by atoms with Gasteiger partial charge in [0.1, 0.15) is 11.2 Å². The maximum absolute atomic E-state index is 12.5. The molecule has 0 saturated heterocycles. The van der Waals surface area contributed by atoms with E-state index < -0.39 is 6.29 Å². The molecule has 0 bridgehead atoms. The van der Waals surface area contributed by atoms with E-state index in [9.17, 15) is 4.79 Å². The van der Waals surface area contributed by atoms with Crippen LogP contribution in [0.4, 0.5) is 0 Å². The molecule has 3 aromatic heterocycles. The minimum atomic E-state index is -0.510. The first kappa shape index (κ1) is 20.2. The zero-order valence-electron chi connectivity index (χ0n) is 17.5. The molecule has 1 aliphatic rings. The summed E-state index contributed by atoms with van der Waals surface area (Å²) in [6.07, 6.45) is 4.36. The SMILES string of the molecule is COC(CNC(=O)c1nc2c3c4c(sc3ncn2n1)C[C@@H](C(C)(C)C)CC4)OC. The molecule has 4 rings (SSSR count). The summed E-state index contributed by atoms with van der Waals surface area (Å²) in [5.41, 5.74) is 2.31. The quantitative estimate of drug-likeness (QED) is 0.642. The second kappa shape index (κ2) is 7.62. The number of nitrogens with zero attached hydrogens (tertiary/aromatic N) is 4. The van der Waals surface area contributed by atoms with Gasteiger partial charge in [0.25, 0.3) is 5.91 Å². The van der Waals surface area contributed by atoms with Crippen LogP contribution in [0.15, 0.2) is 6.33 Å². The lowest BCUT2D eigenvalue weighted by Gasteiger charge is -2.33. The Kier molecular flexibility index (Phi) is 5.30. The second-order valence-electron chi connectivity index (χ2n) is 8.55. The Morgan fingerprint density at radius 2 is 2.14 bits per heavy atom. The Bertz CT molecular complexity index is 1050. The van der Waals surface area contributed by atoms with Gasteiger partial charge >= 0.3 is 0 Å². The topological polar surface area (TPSA) is 90.6 Å². The molecule has 0 saturated carbocycles. The van der Waals surface area contributed by atoms with Crippen molar-refractivity contribution in [1.29, 1.82) is 0 Å². The third-order valence-corrected chi connectivity index (χ3v) is 6.93. The minimum Gasteiger partial charge on any atom is -0.354 e. The number of carbonyl (C=O) groups is 1. The van der Waals surface area contributed by atoms with Crippen LogP contribution in [0.25, 0.3) is 15.9 Å². The molecular formula is C20H27N5O3S. The molecule has 0 aromatic carbocycles. The van der Waals surface area contributed by atoms with Crippen LogP contribution in [-0.4, -0.2) is 52.5 Å². The van der Waals surface area contributed by atoms with Crippen molar-refractivity contribution in [3.63, 3.8) is 0 Å². The van der Waals surface area contributed by atoms with Crippen molar-refractivity contribution in [3.8, 4) is 0 Å². The standard InChI is InChI=1S/C20H27N5O3S/c1-20(2,3)11-6-7-12-13(8-11)29-19-15(12)17-23-16(24-25(17)10-22-19)18(26)21-9-14(27-4)28-5/h10-11,14H,6-9H2,1-5H3,(H,21,26)/t11-/m0/s1. The zero-order chi connectivity index (χ0) is 20.8. The normalized spacial score (nSPS) is 17.2. The van der Waals surface area contributed by atoms with Crippen molar-refractivity contribution >= 4 is 33.1 Å². The van der Waals surface area contributed by atoms with Gasteiger partial charge in [0, 0.05) is 19.1 Å². The molecule has 9 heteroatoms. The van der Waals surface area contributed by atoms with Crippen molar-refractivity contribution in [3.05, 3.63) is 22.6 Å². The fraction of sp³-hybridized carbons (Fsp3) is 0.600. The summed E-state index contributed by atoms with van der Waals surface area (Å²) < 4.78 is 11.8. The van der Waals surface area contributed by atoms with E-state index in [2.05, 4.69) is 41.2 Å². The number of aromatic nitrogens is 4. The largest absolute Gasteiger partial charge is 0.354 e. The predicted octanol–water partition coefficient (Wildman–Crippen LogP) is 2.84. The molecular weight excluding hydrogens is 390 g/mol. The number of hydrogen-bond acceptors (Lipinski definition) is 7. The van der Waals surface area contributed by atoms with Gasteiger partial charge in [-0.25, -0.2) is 14.5 Å². The first-order chi connectivity index (χ1) is 13.8. The molecule has 8 nitrogen and oxygen atoms in total. The molecule has 156 valence electrons. The van der Waals surface area contributed by atoms with Crippen LogP contribution in [0, 0.1) is 11.3 Å². The number of fused-ring (bicyclic) bond motifs is 5. The van der Waals surface area contributed by atoms with Crippen molar-refractivity contribution in [1.82, 2.24) is 24.9 Å². The lowest BCUT2D eigenvalue weighted by atomic mass is 9.72. The van der Waals surface area contributed by atoms with Gasteiger partial charge in [0.15, 0.2) is 11.9 Å². The number of nitrogens with one attached hydrogen (secondary N) is 1. The fourth-order valence-electron chi connectivity index (χ4n) is 3.93. The number of aryl methyl sites for hydroxylation is 1. The second-order valence-corrected chi connectivity index (χ2v) is 9.63. The number of thiophene rings is 1. The molecule has 1 N–H and O–H groups in total. The van der Waals surface area contributed by atoms with Gasteiger partial charge in [0.2, 0.25) is 5.82 Å². The maximum atomic E-state index is 12.5. The van der Waals surface area contributed by atoms with E-state index in [4.69, 9.17) is 9.47 Å². The van der Waals surface area contributed by atoms with Crippen molar-refractivity contribution in [2.24, 2.45) is 11.3 Å². The Labute approximate surface area is 173 Å². The van der Waals surface area contributed by atoms with Crippen LogP contribution in [0.2, 0.25) is 0 Å². The van der Waals surface area contributed by atoms with Crippen molar-refractivity contribution < 1.29 is 14.3 Å². The van der Waals surface area contributed by atoms with Crippen LogP contribution < -0.4 is 5.32 Å². The third kappa shape index (κ3) is 3.74. The summed E-state index contributed by atoms with van der Waals surface area (Å²) in [4.78, 5) is 24.0. The number of rotatable bonds is 5. The molecule has 1 atom stereocenters. The molecule has 0 spiro atoms. The molecule has 0 fully saturated rings. The van der Waals surface area contributed by atoms with E-state index in [1.54, 1.807) is 22.2 Å². The van der Waals surface area contributed by atoms with Gasteiger partial charge in [-0.1, -0.05) is 20.8 Å². The van der Waals surface area contributed by atoms with Gasteiger partial charge in [-0.05, 0) is 36.2 Å². The summed E-state index contributed by atoms with van der Waals surface area (Å²) in [6, 6.07) is 0. The van der Waals surface area contributed by atoms with E-state index in [0.29, 0.717) is 17.0 Å². The highest BCUT2D eigenvalue weighted by Gasteiger charge is 2.32. The number of amides is 1. The number of hydrogen-bond donors (Lipinski definition) is 1. The first-order valence-electron chi connectivity index (χ1n) is 9.81. The Morgan fingerprint density at radius 1 is 1.38 bits per heavy atom. The number of methoxy groups -OCH3 is 2. The Balaban J connectivity index is 1.66. The number of carbonyl (C=O) groups excluding carboxylic acids is 1. The average molecular weight is 418 g/mol. The number of ether oxygens (including phenoxy) is 2. The van der Waals surface area contributed by atoms with Gasteiger partial charge in [-0.3, -0.25) is 4.79 Å². The van der Waals surface area contributed by atoms with Crippen LogP contribution in [-0.2, 0) is 22.3 Å². The lowest BCUT2D eigenvalue weighted by molar-refractivity contribution is -0.0974. The van der Waals surface area contributed by atoms with E-state index in [0.717, 1.165) is 29.5 Å². The van der Waals surface area contributed by atoms with E-state index in [1.165, 1.54) is 24.7 Å². The highest BCUT2D eigenvalue weighted by Crippen LogP contribution is 2.43. The zero-order valence-corrected chi connectivity index (χ0v) is 18.3. The fourth-order valence-corrected chi connectivity index (χ4v) is 5.19. The Morgan fingerprint density at radius 3 is 2.83 bits per heavy atom. The molecule has 0 unspecified atom stereocenters. The minimum absolute atomic E-state index is 0.119. The van der Waals surface area contributed by atoms with Gasteiger partial charge < -0.3 is 14.8 Å². The van der Waals surface area contributed by atoms with Crippen LogP contribution >= 0.6 is 11.3 Å². The summed E-state index contributed by atoms with van der Waals surface area (Å²) in [7, 11) is 3.05.